The Balaban J connectivity index is 1.44. The van der Waals surface area contributed by atoms with Gasteiger partial charge in [0.1, 0.15) is 0 Å². The highest BCUT2D eigenvalue weighted by Gasteiger charge is 2.41. The lowest BCUT2D eigenvalue weighted by Gasteiger charge is -2.29. The van der Waals surface area contributed by atoms with Crippen LogP contribution in [0.4, 0.5) is 5.69 Å². The van der Waals surface area contributed by atoms with Crippen molar-refractivity contribution in [2.75, 3.05) is 18.4 Å². The van der Waals surface area contributed by atoms with Crippen LogP contribution in [0, 0.1) is 6.92 Å². The highest BCUT2D eigenvalue weighted by Crippen LogP contribution is 2.39. The smallest absolute Gasteiger partial charge is 0.170 e. The molecule has 5 nitrogen and oxygen atoms in total. The summed E-state index contributed by atoms with van der Waals surface area (Å²) < 4.78 is 2.29. The van der Waals surface area contributed by atoms with Crippen molar-refractivity contribution >= 4 is 23.0 Å². The molecule has 1 saturated heterocycles. The first kappa shape index (κ1) is 22.2. The first-order chi connectivity index (χ1) is 16.7. The molecule has 0 radical (unpaired) electrons. The van der Waals surface area contributed by atoms with Crippen LogP contribution in [0.2, 0.25) is 0 Å². The minimum absolute atomic E-state index is 0.0200. The van der Waals surface area contributed by atoms with Gasteiger partial charge in [-0.2, -0.15) is 0 Å². The molecular weight excluding hydrogens is 438 g/mol. The second kappa shape index (κ2) is 10.1. The van der Waals surface area contributed by atoms with Gasteiger partial charge in [0.15, 0.2) is 5.11 Å². The van der Waals surface area contributed by atoms with E-state index in [1.807, 2.05) is 24.4 Å². The maximum Gasteiger partial charge on any atom is 0.170 e. The molecule has 3 heterocycles. The predicted octanol–water partition coefficient (Wildman–Crippen LogP) is 5.66. The van der Waals surface area contributed by atoms with E-state index in [-0.39, 0.29) is 12.1 Å². The summed E-state index contributed by atoms with van der Waals surface area (Å²) in [5, 5.41) is 7.86. The Bertz CT molecular complexity index is 1240. The van der Waals surface area contributed by atoms with E-state index in [9.17, 15) is 0 Å². The average Bonchev–Trinajstić information content (AvgIpc) is 3.47. The molecule has 1 aliphatic rings. The lowest BCUT2D eigenvalue weighted by atomic mass is 10.0. The molecule has 4 aromatic rings. The third-order valence-electron chi connectivity index (χ3n) is 6.33. The van der Waals surface area contributed by atoms with Gasteiger partial charge in [0.25, 0.3) is 0 Å². The number of nitrogens with zero attached hydrogens (tertiary/aromatic N) is 3. The molecule has 34 heavy (non-hydrogen) atoms. The predicted molar refractivity (Wildman–Crippen MR) is 142 cm³/mol. The third-order valence-corrected chi connectivity index (χ3v) is 6.69. The second-order valence-corrected chi connectivity index (χ2v) is 8.94. The number of pyridine rings is 1. The van der Waals surface area contributed by atoms with Crippen LogP contribution in [0.5, 0.6) is 0 Å². The fraction of sp³-hybridized carbons (Fsp3) is 0.214. The number of rotatable bonds is 8. The number of aryl methyl sites for hydroxylation is 1. The molecule has 0 amide bonds. The Morgan fingerprint density at radius 3 is 2.53 bits per heavy atom. The van der Waals surface area contributed by atoms with Gasteiger partial charge < -0.3 is 20.1 Å². The van der Waals surface area contributed by atoms with Crippen LogP contribution in [0.3, 0.4) is 0 Å². The van der Waals surface area contributed by atoms with Crippen molar-refractivity contribution in [1.82, 2.24) is 19.8 Å². The zero-order valence-corrected chi connectivity index (χ0v) is 20.1. The molecule has 1 aliphatic heterocycles. The molecule has 2 N–H and O–H groups in total. The summed E-state index contributed by atoms with van der Waals surface area (Å²) in [7, 11) is 0. The van der Waals surface area contributed by atoms with Gasteiger partial charge in [0, 0.05) is 42.6 Å². The minimum atomic E-state index is -0.0200. The van der Waals surface area contributed by atoms with E-state index in [0.29, 0.717) is 0 Å². The summed E-state index contributed by atoms with van der Waals surface area (Å²) in [6, 6.07) is 29.2. The summed E-state index contributed by atoms with van der Waals surface area (Å²) in [4.78, 5) is 7.00. The molecule has 0 unspecified atom stereocenters. The standard InChI is InChI=1S/C28H29N5S/c1-21-11-5-6-15-24(21)32-19-9-16-25(32)27-26(23-14-7-8-17-30-23)31-28(34)33(27)20-10-18-29-22-12-3-2-4-13-22/h2-9,11-17,19,26-27,29H,10,18,20H2,1H3,(H,31,34)/t26-,27+/m1/s1. The number of hydrogen-bond acceptors (Lipinski definition) is 3. The largest absolute Gasteiger partial charge is 0.385 e. The maximum absolute atomic E-state index is 5.85. The SMILES string of the molecule is Cc1ccccc1-n1cccc1[C@H]1[C@@H](c2ccccn2)NC(=S)N1CCCNc1ccccc1. The molecule has 2 atom stereocenters. The van der Waals surface area contributed by atoms with Crippen LogP contribution >= 0.6 is 12.2 Å². The monoisotopic (exact) mass is 467 g/mol. The zero-order valence-electron chi connectivity index (χ0n) is 19.3. The van der Waals surface area contributed by atoms with Gasteiger partial charge in [-0.15, -0.1) is 0 Å². The van der Waals surface area contributed by atoms with Crippen LogP contribution in [-0.4, -0.2) is 32.7 Å². The molecule has 6 heteroatoms. The number of hydrogen-bond donors (Lipinski definition) is 2. The first-order valence-electron chi connectivity index (χ1n) is 11.7. The maximum atomic E-state index is 5.85. The fourth-order valence-electron chi connectivity index (χ4n) is 4.69. The van der Waals surface area contributed by atoms with E-state index in [1.54, 1.807) is 0 Å². The van der Waals surface area contributed by atoms with E-state index in [0.717, 1.165) is 36.0 Å². The molecule has 0 saturated carbocycles. The number of para-hydroxylation sites is 2. The Hall–Kier alpha value is -3.64. The van der Waals surface area contributed by atoms with Gasteiger partial charge >= 0.3 is 0 Å². The van der Waals surface area contributed by atoms with Gasteiger partial charge in [0.05, 0.1) is 17.8 Å². The Labute approximate surface area is 206 Å². The van der Waals surface area contributed by atoms with Crippen LogP contribution in [-0.2, 0) is 0 Å². The second-order valence-electron chi connectivity index (χ2n) is 8.56. The fourth-order valence-corrected chi connectivity index (χ4v) is 5.03. The summed E-state index contributed by atoms with van der Waals surface area (Å²) >= 11 is 5.85. The lowest BCUT2D eigenvalue weighted by molar-refractivity contribution is 0.307. The van der Waals surface area contributed by atoms with Crippen molar-refractivity contribution in [2.45, 2.75) is 25.4 Å². The lowest BCUT2D eigenvalue weighted by Crippen LogP contribution is -2.32. The van der Waals surface area contributed by atoms with E-state index in [1.165, 1.54) is 16.9 Å². The Morgan fingerprint density at radius 1 is 0.941 bits per heavy atom. The number of nitrogens with one attached hydrogen (secondary N) is 2. The van der Waals surface area contributed by atoms with Gasteiger partial charge in [0.2, 0.25) is 0 Å². The van der Waals surface area contributed by atoms with Crippen molar-refractivity contribution in [3.05, 3.63) is 114 Å². The normalized spacial score (nSPS) is 17.6. The minimum Gasteiger partial charge on any atom is -0.385 e. The van der Waals surface area contributed by atoms with Crippen molar-refractivity contribution in [3.63, 3.8) is 0 Å². The van der Waals surface area contributed by atoms with Gasteiger partial charge in [-0.3, -0.25) is 4.98 Å². The van der Waals surface area contributed by atoms with Crippen molar-refractivity contribution in [1.29, 1.82) is 0 Å². The quantitative estimate of drug-likeness (QED) is 0.259. The molecule has 2 aromatic carbocycles. The Kier molecular flexibility index (Phi) is 6.58. The van der Waals surface area contributed by atoms with Crippen LogP contribution < -0.4 is 10.6 Å². The van der Waals surface area contributed by atoms with Crippen molar-refractivity contribution in [2.24, 2.45) is 0 Å². The van der Waals surface area contributed by atoms with E-state index in [4.69, 9.17) is 12.2 Å². The molecule has 5 rings (SSSR count). The summed E-state index contributed by atoms with van der Waals surface area (Å²) in [5.41, 5.74) is 5.76. The number of thiocarbonyl (C=S) groups is 1. The molecule has 1 fully saturated rings. The molecular formula is C28H29N5S. The van der Waals surface area contributed by atoms with Gasteiger partial charge in [-0.1, -0.05) is 42.5 Å². The highest BCUT2D eigenvalue weighted by molar-refractivity contribution is 7.80. The molecule has 0 bridgehead atoms. The van der Waals surface area contributed by atoms with Gasteiger partial charge in [-0.05, 0) is 73.6 Å². The van der Waals surface area contributed by atoms with E-state index in [2.05, 4.69) is 105 Å². The highest BCUT2D eigenvalue weighted by atomic mass is 32.1. The van der Waals surface area contributed by atoms with Crippen molar-refractivity contribution in [3.8, 4) is 5.69 Å². The summed E-state index contributed by atoms with van der Waals surface area (Å²) in [5.74, 6) is 0. The van der Waals surface area contributed by atoms with E-state index >= 15 is 0 Å². The summed E-state index contributed by atoms with van der Waals surface area (Å²) in [6.07, 6.45) is 4.96. The zero-order chi connectivity index (χ0) is 23.3. The van der Waals surface area contributed by atoms with Gasteiger partial charge in [-0.25, -0.2) is 0 Å². The van der Waals surface area contributed by atoms with Crippen LogP contribution in [0.15, 0.2) is 97.3 Å². The summed E-state index contributed by atoms with van der Waals surface area (Å²) in [6.45, 7) is 3.88. The molecule has 172 valence electrons. The molecule has 0 spiro atoms. The average molecular weight is 468 g/mol. The number of benzene rings is 2. The molecule has 2 aromatic heterocycles. The van der Waals surface area contributed by atoms with Crippen molar-refractivity contribution < 1.29 is 0 Å². The molecule has 0 aliphatic carbocycles. The van der Waals surface area contributed by atoms with Crippen LogP contribution in [0.25, 0.3) is 5.69 Å². The first-order valence-corrected chi connectivity index (χ1v) is 12.1. The number of aromatic nitrogens is 2. The number of anilines is 1. The van der Waals surface area contributed by atoms with Crippen LogP contribution in [0.1, 0.15) is 35.5 Å². The van der Waals surface area contributed by atoms with E-state index < -0.39 is 0 Å². The Morgan fingerprint density at radius 2 is 1.74 bits per heavy atom. The third kappa shape index (κ3) is 4.54. The topological polar surface area (TPSA) is 45.1 Å².